The van der Waals surface area contributed by atoms with Crippen LogP contribution in [-0.4, -0.2) is 18.5 Å². The Morgan fingerprint density at radius 2 is 1.50 bits per heavy atom. The predicted octanol–water partition coefficient (Wildman–Crippen LogP) is -1.02. The van der Waals surface area contributed by atoms with E-state index in [9.17, 15) is 4.32 Å². The molecule has 1 rings (SSSR count). The Morgan fingerprint density at radius 3 is 1.80 bits per heavy atom. The van der Waals surface area contributed by atoms with Gasteiger partial charge in [-0.3, -0.25) is 0 Å². The van der Waals surface area contributed by atoms with E-state index in [1.54, 1.807) is 12.1 Å². The van der Waals surface area contributed by atoms with Gasteiger partial charge in [0, 0.05) is 0 Å². The molecular formula is C6H10BFO2. The highest BCUT2D eigenvalue weighted by molar-refractivity contribution is 6.46. The molecule has 0 heterocycles. The maximum atomic E-state index is 11.7. The molecule has 0 amide bonds. The fourth-order valence-corrected chi connectivity index (χ4v) is 0.567. The first-order valence-corrected chi connectivity index (χ1v) is 2.53. The molecule has 0 aromatic heterocycles. The molecule has 0 aliphatic rings. The van der Waals surface area contributed by atoms with Gasteiger partial charge in [0.15, 0.2) is 0 Å². The SMILES string of the molecule is FBc1ccccc1.O.O. The molecular weight excluding hydrogens is 134 g/mol. The fraction of sp³-hybridized carbons (Fsp3) is 0. The molecule has 0 spiro atoms. The van der Waals surface area contributed by atoms with Crippen molar-refractivity contribution in [3.8, 4) is 0 Å². The highest BCUT2D eigenvalue weighted by atomic mass is 19.1. The Morgan fingerprint density at radius 1 is 1.00 bits per heavy atom. The highest BCUT2D eigenvalue weighted by Gasteiger charge is 1.87. The van der Waals surface area contributed by atoms with E-state index in [-0.39, 0.29) is 18.5 Å². The van der Waals surface area contributed by atoms with Crippen molar-refractivity contribution in [1.82, 2.24) is 0 Å². The quantitative estimate of drug-likeness (QED) is 0.453. The Balaban J connectivity index is 0. The Hall–Kier alpha value is -0.865. The van der Waals surface area contributed by atoms with Crippen LogP contribution >= 0.6 is 0 Å². The third-order valence-electron chi connectivity index (χ3n) is 0.997. The van der Waals surface area contributed by atoms with Crippen LogP contribution in [-0.2, 0) is 0 Å². The van der Waals surface area contributed by atoms with Gasteiger partial charge in [0.2, 0.25) is 0 Å². The van der Waals surface area contributed by atoms with Gasteiger partial charge in [-0.2, -0.15) is 0 Å². The molecule has 0 unspecified atom stereocenters. The zero-order valence-corrected chi connectivity index (χ0v) is 5.47. The van der Waals surface area contributed by atoms with Gasteiger partial charge in [0.1, 0.15) is 0 Å². The van der Waals surface area contributed by atoms with E-state index >= 15 is 0 Å². The molecule has 4 N–H and O–H groups in total. The molecule has 0 atom stereocenters. The summed E-state index contributed by atoms with van der Waals surface area (Å²) in [4.78, 5) is 0. The lowest BCUT2D eigenvalue weighted by Crippen LogP contribution is -2.06. The summed E-state index contributed by atoms with van der Waals surface area (Å²) >= 11 is 0. The minimum atomic E-state index is -0.360. The van der Waals surface area contributed by atoms with Crippen molar-refractivity contribution < 1.29 is 15.3 Å². The van der Waals surface area contributed by atoms with Gasteiger partial charge in [-0.1, -0.05) is 30.3 Å². The molecule has 10 heavy (non-hydrogen) atoms. The second-order valence-corrected chi connectivity index (χ2v) is 1.62. The van der Waals surface area contributed by atoms with Crippen molar-refractivity contribution in [3.63, 3.8) is 0 Å². The number of hydrogen-bond acceptors (Lipinski definition) is 0. The van der Waals surface area contributed by atoms with E-state index < -0.39 is 0 Å². The van der Waals surface area contributed by atoms with Gasteiger partial charge >= 0.3 is 7.56 Å². The molecule has 1 aromatic carbocycles. The highest BCUT2D eigenvalue weighted by Crippen LogP contribution is 1.79. The van der Waals surface area contributed by atoms with E-state index in [2.05, 4.69) is 0 Å². The lowest BCUT2D eigenvalue weighted by atomic mass is 9.92. The van der Waals surface area contributed by atoms with E-state index in [1.165, 1.54) is 0 Å². The summed E-state index contributed by atoms with van der Waals surface area (Å²) in [6.07, 6.45) is 0. The van der Waals surface area contributed by atoms with Crippen LogP contribution in [0, 0.1) is 0 Å². The predicted molar refractivity (Wildman–Crippen MR) is 41.6 cm³/mol. The molecule has 0 radical (unpaired) electrons. The number of benzene rings is 1. The van der Waals surface area contributed by atoms with Crippen LogP contribution in [0.15, 0.2) is 30.3 Å². The number of rotatable bonds is 1. The van der Waals surface area contributed by atoms with E-state index in [0.717, 1.165) is 5.46 Å². The first kappa shape index (κ1) is 11.9. The standard InChI is InChI=1S/C6H6BF.2H2O/c8-7-6-4-2-1-3-5-6;;/h1-5,7H;2*1H2. The zero-order valence-electron chi connectivity index (χ0n) is 5.47. The van der Waals surface area contributed by atoms with Crippen molar-refractivity contribution in [1.29, 1.82) is 0 Å². The second-order valence-electron chi connectivity index (χ2n) is 1.62. The van der Waals surface area contributed by atoms with Crippen molar-refractivity contribution in [3.05, 3.63) is 30.3 Å². The van der Waals surface area contributed by atoms with Crippen LogP contribution in [0.4, 0.5) is 4.32 Å². The van der Waals surface area contributed by atoms with Crippen LogP contribution in [0.3, 0.4) is 0 Å². The summed E-state index contributed by atoms with van der Waals surface area (Å²) in [5.74, 6) is 0. The molecule has 0 aliphatic carbocycles. The molecule has 4 heteroatoms. The summed E-state index contributed by atoms with van der Waals surface area (Å²) in [5.41, 5.74) is 0.743. The lowest BCUT2D eigenvalue weighted by Gasteiger charge is -1.85. The summed E-state index contributed by atoms with van der Waals surface area (Å²) in [7, 11) is -0.360. The van der Waals surface area contributed by atoms with Crippen LogP contribution in [0.5, 0.6) is 0 Å². The van der Waals surface area contributed by atoms with E-state index in [0.29, 0.717) is 0 Å². The summed E-state index contributed by atoms with van der Waals surface area (Å²) < 4.78 is 11.7. The third-order valence-corrected chi connectivity index (χ3v) is 0.997. The molecule has 0 bridgehead atoms. The summed E-state index contributed by atoms with van der Waals surface area (Å²) in [5, 5.41) is 0. The Kier molecular flexibility index (Phi) is 7.43. The van der Waals surface area contributed by atoms with Crippen molar-refractivity contribution >= 4 is 13.0 Å². The Bertz CT molecular complexity index is 157. The minimum absolute atomic E-state index is 0. The van der Waals surface area contributed by atoms with Crippen molar-refractivity contribution in [2.75, 3.05) is 0 Å². The minimum Gasteiger partial charge on any atom is -0.412 e. The zero-order chi connectivity index (χ0) is 5.82. The van der Waals surface area contributed by atoms with Gasteiger partial charge in [-0.25, -0.2) is 0 Å². The van der Waals surface area contributed by atoms with E-state index in [1.807, 2.05) is 18.2 Å². The molecule has 0 fully saturated rings. The van der Waals surface area contributed by atoms with Gasteiger partial charge in [0.05, 0.1) is 0 Å². The van der Waals surface area contributed by atoms with Crippen LogP contribution in [0.25, 0.3) is 0 Å². The van der Waals surface area contributed by atoms with Gasteiger partial charge in [-0.05, 0) is 5.46 Å². The van der Waals surface area contributed by atoms with Gasteiger partial charge in [-0.15, -0.1) is 0 Å². The number of halogens is 1. The van der Waals surface area contributed by atoms with Gasteiger partial charge < -0.3 is 15.3 Å². The molecule has 56 valence electrons. The van der Waals surface area contributed by atoms with Crippen molar-refractivity contribution in [2.45, 2.75) is 0 Å². The smallest absolute Gasteiger partial charge is 0.364 e. The van der Waals surface area contributed by atoms with E-state index in [4.69, 9.17) is 0 Å². The lowest BCUT2D eigenvalue weighted by molar-refractivity contribution is 0.823. The average Bonchev–Trinajstić information content (AvgIpc) is 1.90. The normalized spacial score (nSPS) is 6.90. The molecule has 2 nitrogen and oxygen atoms in total. The third kappa shape index (κ3) is 3.22. The average molecular weight is 144 g/mol. The van der Waals surface area contributed by atoms with Crippen LogP contribution < -0.4 is 5.46 Å². The van der Waals surface area contributed by atoms with Gasteiger partial charge in [0.25, 0.3) is 0 Å². The largest absolute Gasteiger partial charge is 0.412 e. The summed E-state index contributed by atoms with van der Waals surface area (Å²) in [6.45, 7) is 0. The molecule has 0 aliphatic heterocycles. The topological polar surface area (TPSA) is 63.0 Å². The monoisotopic (exact) mass is 144 g/mol. The fourth-order valence-electron chi connectivity index (χ4n) is 0.567. The maximum Gasteiger partial charge on any atom is 0.364 e. The Labute approximate surface area is 59.6 Å². The first-order chi connectivity index (χ1) is 3.93. The number of hydrogen-bond donors (Lipinski definition) is 0. The maximum absolute atomic E-state index is 11.7. The van der Waals surface area contributed by atoms with Crippen LogP contribution in [0.2, 0.25) is 0 Å². The van der Waals surface area contributed by atoms with Crippen LogP contribution in [0.1, 0.15) is 0 Å². The first-order valence-electron chi connectivity index (χ1n) is 2.53. The summed E-state index contributed by atoms with van der Waals surface area (Å²) in [6, 6.07) is 9.06. The molecule has 1 aromatic rings. The van der Waals surface area contributed by atoms with Crippen molar-refractivity contribution in [2.24, 2.45) is 0 Å². The molecule has 0 saturated heterocycles. The molecule has 0 saturated carbocycles. The second kappa shape index (κ2) is 6.26.